The number of ether oxygens (including phenoxy) is 2. The van der Waals surface area contributed by atoms with Crippen LogP contribution in [-0.2, 0) is 24.3 Å². The van der Waals surface area contributed by atoms with E-state index in [0.717, 1.165) is 44.3 Å². The highest BCUT2D eigenvalue weighted by Gasteiger charge is 2.59. The van der Waals surface area contributed by atoms with Crippen molar-refractivity contribution in [2.45, 2.75) is 49.2 Å². The summed E-state index contributed by atoms with van der Waals surface area (Å²) in [7, 11) is 1.63. The lowest BCUT2D eigenvalue weighted by Gasteiger charge is -2.62. The SMILES string of the molecule is COc1ccc(C23CC4CC(CC(COC(=O)C(F)(F)SOOO)(C4)C2)C3)cc1. The van der Waals surface area contributed by atoms with E-state index in [4.69, 9.17) is 14.7 Å². The second kappa shape index (κ2) is 7.68. The van der Waals surface area contributed by atoms with Crippen molar-refractivity contribution in [1.82, 2.24) is 0 Å². The number of halogens is 2. The van der Waals surface area contributed by atoms with Gasteiger partial charge in [0.15, 0.2) is 0 Å². The molecule has 1 N–H and O–H groups in total. The van der Waals surface area contributed by atoms with Gasteiger partial charge in [0.1, 0.15) is 17.8 Å². The summed E-state index contributed by atoms with van der Waals surface area (Å²) < 4.78 is 41.5. The van der Waals surface area contributed by atoms with Gasteiger partial charge in [-0.05, 0) is 73.5 Å². The molecule has 4 aliphatic rings. The average molecular weight is 430 g/mol. The maximum atomic E-state index is 13.7. The van der Waals surface area contributed by atoms with Crippen LogP contribution in [0.2, 0.25) is 0 Å². The molecule has 6 nitrogen and oxygen atoms in total. The third kappa shape index (κ3) is 3.97. The van der Waals surface area contributed by atoms with Crippen LogP contribution >= 0.6 is 12.0 Å². The van der Waals surface area contributed by atoms with Gasteiger partial charge in [-0.25, -0.2) is 10.1 Å². The third-order valence-corrected chi connectivity index (χ3v) is 7.31. The van der Waals surface area contributed by atoms with Crippen LogP contribution in [-0.4, -0.2) is 30.2 Å². The zero-order valence-electron chi connectivity index (χ0n) is 16.1. The smallest absolute Gasteiger partial charge is 0.415 e. The Hall–Kier alpha value is -1.42. The van der Waals surface area contributed by atoms with Crippen LogP contribution in [0, 0.1) is 17.3 Å². The summed E-state index contributed by atoms with van der Waals surface area (Å²) in [5.41, 5.74) is 0.959. The number of esters is 1. The number of carbonyl (C=O) groups is 1. The summed E-state index contributed by atoms with van der Waals surface area (Å²) in [4.78, 5) is 11.9. The molecule has 0 heterocycles. The van der Waals surface area contributed by atoms with Gasteiger partial charge >= 0.3 is 11.2 Å². The van der Waals surface area contributed by atoms with E-state index in [-0.39, 0.29) is 17.4 Å². The molecule has 4 bridgehead atoms. The fourth-order valence-corrected chi connectivity index (χ4v) is 6.54. The Bertz CT molecular complexity index is 742. The van der Waals surface area contributed by atoms with Crippen molar-refractivity contribution in [1.29, 1.82) is 0 Å². The normalized spacial score (nSPS) is 33.0. The largest absolute Gasteiger partial charge is 0.497 e. The molecular weight excluding hydrogens is 406 g/mol. The average Bonchev–Trinajstić information content (AvgIpc) is 2.69. The number of benzene rings is 1. The quantitative estimate of drug-likeness (QED) is 0.276. The lowest BCUT2D eigenvalue weighted by molar-refractivity contribution is -0.433. The Labute approximate surface area is 171 Å². The topological polar surface area (TPSA) is 74.2 Å². The lowest BCUT2D eigenvalue weighted by Crippen LogP contribution is -2.55. The highest BCUT2D eigenvalue weighted by atomic mass is 32.2. The minimum Gasteiger partial charge on any atom is -0.497 e. The third-order valence-electron chi connectivity index (χ3n) is 6.80. The van der Waals surface area contributed by atoms with Crippen molar-refractivity contribution >= 4 is 18.0 Å². The monoisotopic (exact) mass is 430 g/mol. The van der Waals surface area contributed by atoms with Gasteiger partial charge in [-0.1, -0.05) is 17.2 Å². The second-order valence-electron chi connectivity index (χ2n) is 8.79. The number of carbonyl (C=O) groups excluding carboxylic acids is 1. The summed E-state index contributed by atoms with van der Waals surface area (Å²) in [6.45, 7) is -0.0349. The molecule has 0 spiro atoms. The number of rotatable bonds is 8. The van der Waals surface area contributed by atoms with E-state index in [1.54, 1.807) is 7.11 Å². The van der Waals surface area contributed by atoms with Crippen molar-refractivity contribution < 1.29 is 37.7 Å². The van der Waals surface area contributed by atoms with Crippen LogP contribution in [0.25, 0.3) is 0 Å². The highest BCUT2D eigenvalue weighted by molar-refractivity contribution is 7.96. The highest BCUT2D eigenvalue weighted by Crippen LogP contribution is 2.65. The van der Waals surface area contributed by atoms with Crippen LogP contribution in [0.1, 0.15) is 44.1 Å². The zero-order chi connectivity index (χ0) is 20.7. The molecule has 4 saturated carbocycles. The fourth-order valence-electron chi connectivity index (χ4n) is 6.30. The molecule has 0 aliphatic heterocycles. The molecule has 4 aliphatic carbocycles. The van der Waals surface area contributed by atoms with Gasteiger partial charge in [0.05, 0.1) is 13.7 Å². The molecule has 29 heavy (non-hydrogen) atoms. The molecule has 0 saturated heterocycles. The molecule has 2 atom stereocenters. The van der Waals surface area contributed by atoms with Gasteiger partial charge in [0, 0.05) is 5.41 Å². The van der Waals surface area contributed by atoms with E-state index in [1.165, 1.54) is 5.56 Å². The Morgan fingerprint density at radius 1 is 1.21 bits per heavy atom. The van der Waals surface area contributed by atoms with Crippen LogP contribution in [0.5, 0.6) is 5.75 Å². The maximum absolute atomic E-state index is 13.7. The van der Waals surface area contributed by atoms with Crippen molar-refractivity contribution in [2.24, 2.45) is 17.3 Å². The van der Waals surface area contributed by atoms with E-state index in [9.17, 15) is 13.6 Å². The maximum Gasteiger partial charge on any atom is 0.415 e. The first-order valence-electron chi connectivity index (χ1n) is 9.65. The van der Waals surface area contributed by atoms with Gasteiger partial charge < -0.3 is 9.47 Å². The molecule has 2 unspecified atom stereocenters. The van der Waals surface area contributed by atoms with Crippen molar-refractivity contribution in [3.05, 3.63) is 29.8 Å². The Kier molecular flexibility index (Phi) is 5.52. The summed E-state index contributed by atoms with van der Waals surface area (Å²) >= 11 is -0.589. The summed E-state index contributed by atoms with van der Waals surface area (Å²) in [5.74, 6) is 0.140. The molecule has 9 heteroatoms. The Morgan fingerprint density at radius 2 is 1.86 bits per heavy atom. The number of hydrogen-bond donors (Lipinski definition) is 1. The van der Waals surface area contributed by atoms with E-state index in [1.807, 2.05) is 12.1 Å². The van der Waals surface area contributed by atoms with E-state index >= 15 is 0 Å². The van der Waals surface area contributed by atoms with Gasteiger partial charge in [-0.2, -0.15) is 8.78 Å². The van der Waals surface area contributed by atoms with Gasteiger partial charge in [0.2, 0.25) is 0 Å². The Balaban J connectivity index is 1.50. The molecule has 4 fully saturated rings. The molecule has 0 radical (unpaired) electrons. The van der Waals surface area contributed by atoms with Crippen molar-refractivity contribution in [3.8, 4) is 5.75 Å². The van der Waals surface area contributed by atoms with Crippen LogP contribution < -0.4 is 4.74 Å². The number of alkyl halides is 2. The first-order valence-corrected chi connectivity index (χ1v) is 10.4. The van der Waals surface area contributed by atoms with Gasteiger partial charge in [-0.3, -0.25) is 0 Å². The minimum atomic E-state index is -3.96. The Morgan fingerprint density at radius 3 is 2.45 bits per heavy atom. The molecule has 1 aromatic rings. The molecule has 0 amide bonds. The molecular formula is C20H24F2O6S. The molecule has 160 valence electrons. The van der Waals surface area contributed by atoms with Crippen LogP contribution in [0.4, 0.5) is 8.78 Å². The van der Waals surface area contributed by atoms with E-state index in [0.29, 0.717) is 11.8 Å². The second-order valence-corrected chi connectivity index (χ2v) is 9.60. The predicted molar refractivity (Wildman–Crippen MR) is 100 cm³/mol. The van der Waals surface area contributed by atoms with Gasteiger partial charge in [-0.15, -0.1) is 4.33 Å². The molecule has 1 aromatic carbocycles. The van der Waals surface area contributed by atoms with Gasteiger partial charge in [0.25, 0.3) is 0 Å². The first-order chi connectivity index (χ1) is 13.8. The van der Waals surface area contributed by atoms with Crippen LogP contribution in [0.15, 0.2) is 24.3 Å². The fraction of sp³-hybridized carbons (Fsp3) is 0.650. The molecule has 0 aromatic heterocycles. The lowest BCUT2D eigenvalue weighted by atomic mass is 9.43. The molecule has 5 rings (SSSR count). The number of hydrogen-bond acceptors (Lipinski definition) is 7. The summed E-state index contributed by atoms with van der Waals surface area (Å²) in [5, 5.41) is 7.22. The number of methoxy groups -OCH3 is 1. The van der Waals surface area contributed by atoms with Crippen LogP contribution in [0.3, 0.4) is 0 Å². The van der Waals surface area contributed by atoms with E-state index in [2.05, 4.69) is 21.5 Å². The van der Waals surface area contributed by atoms with Crippen molar-refractivity contribution in [2.75, 3.05) is 13.7 Å². The summed E-state index contributed by atoms with van der Waals surface area (Å²) in [6, 6.07) is 8.12. The zero-order valence-corrected chi connectivity index (χ0v) is 16.9. The minimum absolute atomic E-state index is 0.00608. The van der Waals surface area contributed by atoms with Crippen molar-refractivity contribution in [3.63, 3.8) is 0 Å². The van der Waals surface area contributed by atoms with E-state index < -0.39 is 23.3 Å². The first kappa shape index (κ1) is 20.8. The summed E-state index contributed by atoms with van der Waals surface area (Å²) in [6.07, 6.45) is 5.93. The standard InChI is InChI=1S/C20H24F2O6S/c1-25-16-4-2-15(3-5-16)19-9-13-6-14(10-19)8-18(7-13,11-19)12-26-17(23)20(21,22)29-28-27-24/h2-5,13-14,24H,6-12H2,1H3. The predicted octanol–water partition coefficient (Wildman–Crippen LogP) is 4.74.